The molecule has 154 valence electrons. The largest absolute Gasteiger partial charge is 0.354 e. The van der Waals surface area contributed by atoms with Gasteiger partial charge < -0.3 is 10.2 Å². The molecule has 2 amide bonds. The molecule has 3 rings (SSSR count). The third kappa shape index (κ3) is 5.89. The summed E-state index contributed by atoms with van der Waals surface area (Å²) in [4.78, 5) is 26.9. The van der Waals surface area contributed by atoms with E-state index >= 15 is 0 Å². The first kappa shape index (κ1) is 21.0. The Labute approximate surface area is 172 Å². The molecule has 1 aliphatic carbocycles. The van der Waals surface area contributed by atoms with Crippen molar-refractivity contribution in [1.82, 2.24) is 5.32 Å². The molecule has 0 spiro atoms. The fourth-order valence-corrected chi connectivity index (χ4v) is 3.86. The quantitative estimate of drug-likeness (QED) is 0.743. The second-order valence-electron chi connectivity index (χ2n) is 8.10. The topological polar surface area (TPSA) is 49.4 Å². The Morgan fingerprint density at radius 1 is 1.07 bits per heavy atom. The van der Waals surface area contributed by atoms with E-state index in [0.717, 1.165) is 42.5 Å². The molecule has 29 heavy (non-hydrogen) atoms. The molecule has 1 N–H and O–H groups in total. The van der Waals surface area contributed by atoms with E-state index < -0.39 is 0 Å². The van der Waals surface area contributed by atoms with Crippen LogP contribution < -0.4 is 10.2 Å². The van der Waals surface area contributed by atoms with Crippen LogP contribution in [0.25, 0.3) is 0 Å². The fraction of sp³-hybridized carbons (Fsp3) is 0.417. The van der Waals surface area contributed by atoms with Gasteiger partial charge in [0.15, 0.2) is 0 Å². The van der Waals surface area contributed by atoms with Gasteiger partial charge in [-0.15, -0.1) is 0 Å². The van der Waals surface area contributed by atoms with E-state index in [4.69, 9.17) is 0 Å². The van der Waals surface area contributed by atoms with Gasteiger partial charge in [0.25, 0.3) is 0 Å². The molecule has 1 fully saturated rings. The zero-order chi connectivity index (χ0) is 20.8. The van der Waals surface area contributed by atoms with Crippen molar-refractivity contribution in [3.63, 3.8) is 0 Å². The van der Waals surface area contributed by atoms with Crippen molar-refractivity contribution in [2.45, 2.75) is 58.5 Å². The number of rotatable bonds is 7. The van der Waals surface area contributed by atoms with Crippen LogP contribution in [-0.2, 0) is 22.6 Å². The third-order valence-corrected chi connectivity index (χ3v) is 5.26. The van der Waals surface area contributed by atoms with Gasteiger partial charge in [0.05, 0.1) is 13.0 Å². The number of nitrogens with one attached hydrogen (secondary N) is 1. The normalized spacial score (nSPS) is 14.2. The zero-order valence-electron chi connectivity index (χ0n) is 17.2. The first-order valence-electron chi connectivity index (χ1n) is 10.4. The minimum absolute atomic E-state index is 0.0219. The maximum absolute atomic E-state index is 13.6. The van der Waals surface area contributed by atoms with Crippen molar-refractivity contribution < 1.29 is 14.0 Å². The molecule has 1 aliphatic rings. The summed E-state index contributed by atoms with van der Waals surface area (Å²) in [6.07, 6.45) is 4.28. The van der Waals surface area contributed by atoms with Gasteiger partial charge >= 0.3 is 0 Å². The average molecular weight is 397 g/mol. The molecule has 2 aromatic carbocycles. The minimum Gasteiger partial charge on any atom is -0.354 e. The maximum Gasteiger partial charge on any atom is 0.230 e. The highest BCUT2D eigenvalue weighted by molar-refractivity contribution is 5.95. The van der Waals surface area contributed by atoms with Gasteiger partial charge in [-0.1, -0.05) is 37.1 Å². The van der Waals surface area contributed by atoms with Crippen LogP contribution in [0.3, 0.4) is 0 Å². The Kier molecular flexibility index (Phi) is 7.02. The van der Waals surface area contributed by atoms with Gasteiger partial charge in [0.2, 0.25) is 11.8 Å². The summed E-state index contributed by atoms with van der Waals surface area (Å²) in [6.45, 7) is 4.19. The minimum atomic E-state index is -0.303. The van der Waals surface area contributed by atoms with Crippen molar-refractivity contribution in [2.24, 2.45) is 5.92 Å². The second kappa shape index (κ2) is 9.68. The molecule has 0 saturated heterocycles. The number of carbonyl (C=O) groups is 2. The lowest BCUT2D eigenvalue weighted by molar-refractivity contribution is -0.122. The predicted octanol–water partition coefficient (Wildman–Crippen LogP) is 4.62. The highest BCUT2D eigenvalue weighted by Gasteiger charge is 2.28. The van der Waals surface area contributed by atoms with Crippen LogP contribution in [0.15, 0.2) is 48.5 Å². The molecule has 0 aromatic heterocycles. The predicted molar refractivity (Wildman–Crippen MR) is 113 cm³/mol. The molecule has 0 radical (unpaired) electrons. The standard InChI is InChI=1S/C24H29FN2O2/c1-17(2)26-23(28)15-18-10-12-22(13-11-18)27(24(29)20-7-3-4-8-20)16-19-6-5-9-21(25)14-19/h5-6,9-14,17,20H,3-4,7-8,15-16H2,1-2H3,(H,26,28). The number of amides is 2. The summed E-state index contributed by atoms with van der Waals surface area (Å²) >= 11 is 0. The summed E-state index contributed by atoms with van der Waals surface area (Å²) in [5.41, 5.74) is 2.43. The van der Waals surface area contributed by atoms with Crippen LogP contribution in [0.5, 0.6) is 0 Å². The van der Waals surface area contributed by atoms with Crippen molar-refractivity contribution in [1.29, 1.82) is 0 Å². The first-order valence-corrected chi connectivity index (χ1v) is 10.4. The summed E-state index contributed by atoms with van der Waals surface area (Å²) in [7, 11) is 0. The average Bonchev–Trinajstić information content (AvgIpc) is 3.20. The lowest BCUT2D eigenvalue weighted by Crippen LogP contribution is -2.35. The number of benzene rings is 2. The van der Waals surface area contributed by atoms with Crippen LogP contribution in [0.2, 0.25) is 0 Å². The van der Waals surface area contributed by atoms with Gasteiger partial charge in [-0.2, -0.15) is 0 Å². The van der Waals surface area contributed by atoms with E-state index in [1.807, 2.05) is 44.2 Å². The van der Waals surface area contributed by atoms with Gasteiger partial charge in [-0.3, -0.25) is 9.59 Å². The summed E-state index contributed by atoms with van der Waals surface area (Å²) in [5.74, 6) is -0.203. The smallest absolute Gasteiger partial charge is 0.230 e. The maximum atomic E-state index is 13.6. The number of halogens is 1. The van der Waals surface area contributed by atoms with E-state index in [0.29, 0.717) is 13.0 Å². The van der Waals surface area contributed by atoms with E-state index in [2.05, 4.69) is 5.32 Å². The van der Waals surface area contributed by atoms with Crippen molar-refractivity contribution >= 4 is 17.5 Å². The highest BCUT2D eigenvalue weighted by Crippen LogP contribution is 2.30. The lowest BCUT2D eigenvalue weighted by Gasteiger charge is -2.26. The molecule has 1 saturated carbocycles. The monoisotopic (exact) mass is 396 g/mol. The van der Waals surface area contributed by atoms with Crippen molar-refractivity contribution in [3.8, 4) is 0 Å². The Bertz CT molecular complexity index is 842. The van der Waals surface area contributed by atoms with Crippen LogP contribution >= 0.6 is 0 Å². The van der Waals surface area contributed by atoms with Gasteiger partial charge in [0.1, 0.15) is 5.82 Å². The van der Waals surface area contributed by atoms with Crippen molar-refractivity contribution in [2.75, 3.05) is 4.90 Å². The number of hydrogen-bond donors (Lipinski definition) is 1. The van der Waals surface area contributed by atoms with E-state index in [1.54, 1.807) is 11.0 Å². The summed E-state index contributed by atoms with van der Waals surface area (Å²) in [5, 5.41) is 2.88. The molecule has 0 aliphatic heterocycles. The number of anilines is 1. The number of carbonyl (C=O) groups excluding carboxylic acids is 2. The molecular formula is C24H29FN2O2. The lowest BCUT2D eigenvalue weighted by atomic mass is 10.0. The van der Waals surface area contributed by atoms with E-state index in [1.165, 1.54) is 12.1 Å². The highest BCUT2D eigenvalue weighted by atomic mass is 19.1. The SMILES string of the molecule is CC(C)NC(=O)Cc1ccc(N(Cc2cccc(F)c2)C(=O)C2CCCC2)cc1. The molecule has 4 nitrogen and oxygen atoms in total. The summed E-state index contributed by atoms with van der Waals surface area (Å²) in [6, 6.07) is 14.0. The Morgan fingerprint density at radius 2 is 1.76 bits per heavy atom. The summed E-state index contributed by atoms with van der Waals surface area (Å²) < 4.78 is 13.6. The van der Waals surface area contributed by atoms with Gasteiger partial charge in [-0.25, -0.2) is 4.39 Å². The van der Waals surface area contributed by atoms with Crippen LogP contribution in [0, 0.1) is 11.7 Å². The molecule has 0 bridgehead atoms. The number of hydrogen-bond acceptors (Lipinski definition) is 2. The first-order chi connectivity index (χ1) is 13.9. The molecular weight excluding hydrogens is 367 g/mol. The number of nitrogens with zero attached hydrogens (tertiary/aromatic N) is 1. The van der Waals surface area contributed by atoms with E-state index in [-0.39, 0.29) is 29.6 Å². The van der Waals surface area contributed by atoms with E-state index in [9.17, 15) is 14.0 Å². The van der Waals surface area contributed by atoms with Crippen LogP contribution in [-0.4, -0.2) is 17.9 Å². The molecule has 0 heterocycles. The Hall–Kier alpha value is -2.69. The Balaban J connectivity index is 1.79. The Morgan fingerprint density at radius 3 is 2.38 bits per heavy atom. The van der Waals surface area contributed by atoms with Crippen molar-refractivity contribution in [3.05, 3.63) is 65.5 Å². The van der Waals surface area contributed by atoms with Crippen LogP contribution in [0.1, 0.15) is 50.7 Å². The zero-order valence-corrected chi connectivity index (χ0v) is 17.2. The van der Waals surface area contributed by atoms with Crippen LogP contribution in [0.4, 0.5) is 10.1 Å². The fourth-order valence-electron chi connectivity index (χ4n) is 3.86. The molecule has 2 aromatic rings. The molecule has 0 atom stereocenters. The van der Waals surface area contributed by atoms with Gasteiger partial charge in [0, 0.05) is 17.6 Å². The third-order valence-electron chi connectivity index (χ3n) is 5.26. The molecule has 5 heteroatoms. The van der Waals surface area contributed by atoms with Gasteiger partial charge in [-0.05, 0) is 62.1 Å². The molecule has 0 unspecified atom stereocenters. The second-order valence-corrected chi connectivity index (χ2v) is 8.10.